The van der Waals surface area contributed by atoms with Gasteiger partial charge in [-0.3, -0.25) is 4.79 Å². The van der Waals surface area contributed by atoms with Crippen molar-refractivity contribution in [2.45, 2.75) is 13.0 Å². The Morgan fingerprint density at radius 1 is 1.54 bits per heavy atom. The lowest BCUT2D eigenvalue weighted by atomic mass is 10.2. The van der Waals surface area contributed by atoms with Crippen molar-refractivity contribution in [3.8, 4) is 5.75 Å². The van der Waals surface area contributed by atoms with E-state index in [1.54, 1.807) is 25.1 Å². The molecule has 1 aliphatic rings. The second-order valence-electron chi connectivity index (χ2n) is 3.00. The van der Waals surface area contributed by atoms with E-state index in [0.29, 0.717) is 17.1 Å². The number of nitrogen functional groups attached to an aromatic ring is 1. The molecule has 0 saturated heterocycles. The van der Waals surface area contributed by atoms with Crippen LogP contribution in [0.3, 0.4) is 0 Å². The Hall–Kier alpha value is -1.71. The number of fused-ring (bicyclic) bond motifs is 1. The zero-order valence-electron chi connectivity index (χ0n) is 7.20. The van der Waals surface area contributed by atoms with Crippen molar-refractivity contribution in [1.82, 2.24) is 0 Å². The Morgan fingerprint density at radius 2 is 2.31 bits per heavy atom. The summed E-state index contributed by atoms with van der Waals surface area (Å²) in [7, 11) is 0. The van der Waals surface area contributed by atoms with Crippen LogP contribution in [0.25, 0.3) is 0 Å². The van der Waals surface area contributed by atoms with Crippen molar-refractivity contribution in [2.24, 2.45) is 0 Å². The van der Waals surface area contributed by atoms with Gasteiger partial charge in [-0.2, -0.15) is 0 Å². The van der Waals surface area contributed by atoms with Gasteiger partial charge in [0, 0.05) is 11.8 Å². The number of anilines is 2. The smallest absolute Gasteiger partial charge is 0.265 e. The zero-order valence-corrected chi connectivity index (χ0v) is 7.20. The molecule has 68 valence electrons. The maximum absolute atomic E-state index is 11.2. The van der Waals surface area contributed by atoms with Gasteiger partial charge in [0.15, 0.2) is 6.10 Å². The van der Waals surface area contributed by atoms with Crippen LogP contribution in [0.1, 0.15) is 6.92 Å². The molecule has 0 radical (unpaired) electrons. The molecule has 2 rings (SSSR count). The largest absolute Gasteiger partial charge is 0.479 e. The van der Waals surface area contributed by atoms with Crippen molar-refractivity contribution in [2.75, 3.05) is 11.1 Å². The zero-order chi connectivity index (χ0) is 9.42. The van der Waals surface area contributed by atoms with Crippen molar-refractivity contribution in [1.29, 1.82) is 0 Å². The van der Waals surface area contributed by atoms with E-state index in [9.17, 15) is 4.79 Å². The minimum absolute atomic E-state index is 0.128. The highest BCUT2D eigenvalue weighted by atomic mass is 16.5. The van der Waals surface area contributed by atoms with Crippen LogP contribution in [0.5, 0.6) is 5.75 Å². The van der Waals surface area contributed by atoms with Crippen LogP contribution in [0.4, 0.5) is 11.4 Å². The molecule has 1 amide bonds. The molecule has 0 fully saturated rings. The number of benzene rings is 1. The summed E-state index contributed by atoms with van der Waals surface area (Å²) in [5, 5.41) is 2.72. The van der Waals surface area contributed by atoms with E-state index in [4.69, 9.17) is 10.5 Å². The monoisotopic (exact) mass is 178 g/mol. The van der Waals surface area contributed by atoms with Gasteiger partial charge in [-0.05, 0) is 19.1 Å². The molecular weight excluding hydrogens is 168 g/mol. The molecule has 1 atom stereocenters. The molecule has 1 aromatic carbocycles. The minimum atomic E-state index is -0.450. The van der Waals surface area contributed by atoms with Gasteiger partial charge in [-0.25, -0.2) is 0 Å². The highest BCUT2D eigenvalue weighted by Crippen LogP contribution is 2.30. The molecule has 0 spiro atoms. The van der Waals surface area contributed by atoms with E-state index in [-0.39, 0.29) is 5.91 Å². The number of nitrogens with one attached hydrogen (secondary N) is 1. The maximum Gasteiger partial charge on any atom is 0.265 e. The molecule has 13 heavy (non-hydrogen) atoms. The van der Waals surface area contributed by atoms with Crippen LogP contribution in [0, 0.1) is 0 Å². The predicted molar refractivity (Wildman–Crippen MR) is 49.6 cm³/mol. The number of carbonyl (C=O) groups is 1. The second kappa shape index (κ2) is 2.65. The maximum atomic E-state index is 11.2. The molecule has 1 heterocycles. The highest BCUT2D eigenvalue weighted by Gasteiger charge is 2.22. The van der Waals surface area contributed by atoms with E-state index in [1.807, 2.05) is 0 Å². The first-order chi connectivity index (χ1) is 6.16. The van der Waals surface area contributed by atoms with E-state index >= 15 is 0 Å². The lowest BCUT2D eigenvalue weighted by Crippen LogP contribution is -2.34. The summed E-state index contributed by atoms with van der Waals surface area (Å²) in [6.45, 7) is 1.70. The molecule has 4 nitrogen and oxygen atoms in total. The van der Waals surface area contributed by atoms with Crippen LogP contribution < -0.4 is 15.8 Å². The summed E-state index contributed by atoms with van der Waals surface area (Å²) in [4.78, 5) is 11.2. The average molecular weight is 178 g/mol. The molecule has 1 aromatic rings. The highest BCUT2D eigenvalue weighted by molar-refractivity contribution is 5.97. The number of hydrogen-bond acceptors (Lipinski definition) is 3. The van der Waals surface area contributed by atoms with Gasteiger partial charge in [-0.15, -0.1) is 0 Å². The van der Waals surface area contributed by atoms with Gasteiger partial charge in [0.25, 0.3) is 5.91 Å². The third-order valence-electron chi connectivity index (χ3n) is 1.94. The molecule has 4 heteroatoms. The van der Waals surface area contributed by atoms with Gasteiger partial charge in [0.05, 0.1) is 5.69 Å². The van der Waals surface area contributed by atoms with Crippen LogP contribution in [0.2, 0.25) is 0 Å². The van der Waals surface area contributed by atoms with Crippen molar-refractivity contribution >= 4 is 17.3 Å². The Bertz CT molecular complexity index is 363. The molecule has 1 aliphatic heterocycles. The quantitative estimate of drug-likeness (QED) is 0.582. The lowest BCUT2D eigenvalue weighted by molar-refractivity contribution is -0.122. The lowest BCUT2D eigenvalue weighted by Gasteiger charge is -2.23. The van der Waals surface area contributed by atoms with Gasteiger partial charge in [0.1, 0.15) is 5.75 Å². The van der Waals surface area contributed by atoms with Gasteiger partial charge in [-0.1, -0.05) is 0 Å². The number of ether oxygens (including phenoxy) is 1. The number of carbonyl (C=O) groups excluding carboxylic acids is 1. The molecule has 0 aromatic heterocycles. The second-order valence-corrected chi connectivity index (χ2v) is 3.00. The summed E-state index contributed by atoms with van der Waals surface area (Å²) >= 11 is 0. The first kappa shape index (κ1) is 7.91. The van der Waals surface area contributed by atoms with Crippen molar-refractivity contribution in [3.63, 3.8) is 0 Å². The molecule has 0 unspecified atom stereocenters. The number of hydrogen-bond donors (Lipinski definition) is 2. The van der Waals surface area contributed by atoms with Crippen LogP contribution in [-0.4, -0.2) is 12.0 Å². The fourth-order valence-electron chi connectivity index (χ4n) is 1.22. The molecule has 0 bridgehead atoms. The summed E-state index contributed by atoms with van der Waals surface area (Å²) in [6.07, 6.45) is -0.450. The van der Waals surface area contributed by atoms with E-state index in [2.05, 4.69) is 5.32 Å². The Kier molecular flexibility index (Phi) is 1.62. The summed E-state index contributed by atoms with van der Waals surface area (Å²) in [6, 6.07) is 5.15. The number of amides is 1. The standard InChI is InChI=1S/C9H10N2O2/c1-5-9(12)11-7-3-2-6(10)4-8(7)13-5/h2-5H,10H2,1H3,(H,11,12)/t5-/m0/s1. The van der Waals surface area contributed by atoms with E-state index < -0.39 is 6.10 Å². The first-order valence-corrected chi connectivity index (χ1v) is 4.04. The Labute approximate surface area is 75.7 Å². The fraction of sp³-hybridized carbons (Fsp3) is 0.222. The summed E-state index contributed by atoms with van der Waals surface area (Å²) in [5.41, 5.74) is 6.87. The van der Waals surface area contributed by atoms with Crippen LogP contribution >= 0.6 is 0 Å². The molecule has 0 aliphatic carbocycles. The number of nitrogens with two attached hydrogens (primary N) is 1. The fourth-order valence-corrected chi connectivity index (χ4v) is 1.22. The first-order valence-electron chi connectivity index (χ1n) is 4.04. The molecular formula is C9H10N2O2. The van der Waals surface area contributed by atoms with Gasteiger partial charge >= 0.3 is 0 Å². The number of rotatable bonds is 0. The molecule has 3 N–H and O–H groups in total. The average Bonchev–Trinajstić information content (AvgIpc) is 2.08. The van der Waals surface area contributed by atoms with Gasteiger partial charge in [0.2, 0.25) is 0 Å². The summed E-state index contributed by atoms with van der Waals surface area (Å²) in [5.74, 6) is 0.504. The van der Waals surface area contributed by atoms with Crippen LogP contribution in [0.15, 0.2) is 18.2 Å². The predicted octanol–water partition coefficient (Wildman–Crippen LogP) is 0.988. The molecule has 0 saturated carbocycles. The Balaban J connectivity index is 2.42. The van der Waals surface area contributed by atoms with Gasteiger partial charge < -0.3 is 15.8 Å². The minimum Gasteiger partial charge on any atom is -0.479 e. The Morgan fingerprint density at radius 3 is 3.08 bits per heavy atom. The van der Waals surface area contributed by atoms with E-state index in [0.717, 1.165) is 0 Å². The van der Waals surface area contributed by atoms with Crippen molar-refractivity contribution in [3.05, 3.63) is 18.2 Å². The van der Waals surface area contributed by atoms with E-state index in [1.165, 1.54) is 0 Å². The summed E-state index contributed by atoms with van der Waals surface area (Å²) < 4.78 is 5.33. The third kappa shape index (κ3) is 1.30. The normalized spacial score (nSPS) is 20.1. The third-order valence-corrected chi connectivity index (χ3v) is 1.94. The van der Waals surface area contributed by atoms with Crippen molar-refractivity contribution < 1.29 is 9.53 Å². The topological polar surface area (TPSA) is 64.3 Å². The SMILES string of the molecule is C[C@@H]1Oc2cc(N)ccc2NC1=O. The van der Waals surface area contributed by atoms with Crippen LogP contribution in [-0.2, 0) is 4.79 Å².